The first-order chi connectivity index (χ1) is 20.8. The molecule has 1 amide bonds. The van der Waals surface area contributed by atoms with Crippen LogP contribution in [0.4, 0.5) is 0 Å². The Hall–Kier alpha value is -2.57. The first-order valence-corrected chi connectivity index (χ1v) is 15.6. The van der Waals surface area contributed by atoms with E-state index in [0.717, 1.165) is 12.0 Å². The summed E-state index contributed by atoms with van der Waals surface area (Å²) in [7, 11) is 1.37. The molecule has 1 spiro atoms. The van der Waals surface area contributed by atoms with Crippen LogP contribution in [0, 0.1) is 5.92 Å². The van der Waals surface area contributed by atoms with Gasteiger partial charge in [0, 0.05) is 26.0 Å². The van der Waals surface area contributed by atoms with E-state index in [-0.39, 0.29) is 54.7 Å². The van der Waals surface area contributed by atoms with Gasteiger partial charge < -0.3 is 38.5 Å². The van der Waals surface area contributed by atoms with Crippen molar-refractivity contribution in [2.24, 2.45) is 5.92 Å². The van der Waals surface area contributed by atoms with Gasteiger partial charge in [-0.1, -0.05) is 30.7 Å². The Morgan fingerprint density at radius 1 is 1.11 bits per heavy atom. The Balaban J connectivity index is 1.59. The second kappa shape index (κ2) is 16.7. The van der Waals surface area contributed by atoms with Crippen molar-refractivity contribution in [3.63, 3.8) is 0 Å². The Bertz CT molecular complexity index is 1070. The number of esters is 2. The SMILES string of the molecule is CCOC(C)O[C@@H]1[C@@H](/C=C/C(C)=C/C[C@@H]2O[C@H](C)[C@H](NC(=O)/C=C\[C@H](C)OC(C)=O)C[C@@H]2C)O[C@H](CC(=O)OC)C[C@@]12CO2. The van der Waals surface area contributed by atoms with Crippen molar-refractivity contribution in [2.75, 3.05) is 20.3 Å². The minimum atomic E-state index is -0.515. The van der Waals surface area contributed by atoms with Crippen LogP contribution in [0.5, 0.6) is 0 Å². The molecule has 3 aliphatic rings. The van der Waals surface area contributed by atoms with Gasteiger partial charge in [0.25, 0.3) is 0 Å². The van der Waals surface area contributed by atoms with E-state index in [1.807, 2.05) is 39.8 Å². The van der Waals surface area contributed by atoms with E-state index in [9.17, 15) is 14.4 Å². The van der Waals surface area contributed by atoms with E-state index in [1.165, 1.54) is 20.1 Å². The molecule has 0 aromatic rings. The van der Waals surface area contributed by atoms with Crippen molar-refractivity contribution >= 4 is 17.8 Å². The van der Waals surface area contributed by atoms with E-state index in [1.54, 1.807) is 13.0 Å². The maximum atomic E-state index is 12.4. The number of carbonyl (C=O) groups is 3. The van der Waals surface area contributed by atoms with Gasteiger partial charge in [0.2, 0.25) is 5.91 Å². The quantitative estimate of drug-likeness (QED) is 0.100. The third-order valence-electron chi connectivity index (χ3n) is 8.25. The highest BCUT2D eigenvalue weighted by Gasteiger charge is 2.60. The van der Waals surface area contributed by atoms with Crippen molar-refractivity contribution in [3.05, 3.63) is 36.0 Å². The molecular formula is C33H51NO10. The summed E-state index contributed by atoms with van der Waals surface area (Å²) < 4.78 is 40.3. The van der Waals surface area contributed by atoms with Crippen molar-refractivity contribution < 1.29 is 47.5 Å². The van der Waals surface area contributed by atoms with Crippen LogP contribution in [0.25, 0.3) is 0 Å². The number of ether oxygens (including phenoxy) is 7. The molecule has 248 valence electrons. The highest BCUT2D eigenvalue weighted by molar-refractivity contribution is 5.87. The number of allylic oxidation sites excluding steroid dienone is 2. The highest BCUT2D eigenvalue weighted by atomic mass is 16.7. The number of rotatable bonds is 14. The molecule has 3 aliphatic heterocycles. The largest absolute Gasteiger partial charge is 0.469 e. The molecule has 44 heavy (non-hydrogen) atoms. The molecule has 11 heteroatoms. The predicted molar refractivity (Wildman–Crippen MR) is 162 cm³/mol. The molecule has 10 atom stereocenters. The number of carbonyl (C=O) groups excluding carboxylic acids is 3. The van der Waals surface area contributed by atoms with E-state index in [2.05, 4.69) is 18.3 Å². The van der Waals surface area contributed by atoms with Gasteiger partial charge >= 0.3 is 11.9 Å². The van der Waals surface area contributed by atoms with Crippen LogP contribution in [0.1, 0.15) is 74.1 Å². The van der Waals surface area contributed by atoms with Gasteiger partial charge in [0.1, 0.15) is 23.9 Å². The minimum Gasteiger partial charge on any atom is -0.469 e. The van der Waals surface area contributed by atoms with Gasteiger partial charge in [0.15, 0.2) is 6.29 Å². The normalized spacial score (nSPS) is 33.7. The lowest BCUT2D eigenvalue weighted by Crippen LogP contribution is -2.53. The zero-order chi connectivity index (χ0) is 32.4. The molecule has 1 unspecified atom stereocenters. The van der Waals surface area contributed by atoms with Crippen LogP contribution in [0.2, 0.25) is 0 Å². The average molecular weight is 622 g/mol. The van der Waals surface area contributed by atoms with Crippen LogP contribution in [0.15, 0.2) is 36.0 Å². The Kier molecular flexibility index (Phi) is 13.6. The standard InChI is InChI=1S/C33H51NO10/c1-9-39-25(7)43-32-29(44-26(17-31(37)38-8)18-33(32)19-40-33)14-11-20(2)10-13-28-21(3)16-27(23(5)42-28)34-30(36)15-12-22(4)41-24(6)35/h10-12,14-15,21-23,25-29,32H,9,13,16-19H2,1-8H3,(H,34,36)/b14-11+,15-12-,20-10+/t21-,22-,23+,25?,26+,27+,28-,29+,32+,33+/m0/s1. The van der Waals surface area contributed by atoms with E-state index in [4.69, 9.17) is 33.2 Å². The molecule has 3 fully saturated rings. The van der Waals surface area contributed by atoms with Crippen molar-refractivity contribution in [2.45, 2.75) is 129 Å². The van der Waals surface area contributed by atoms with Crippen molar-refractivity contribution in [1.82, 2.24) is 5.32 Å². The summed E-state index contributed by atoms with van der Waals surface area (Å²) in [6, 6.07) is -0.123. The number of hydrogen-bond donors (Lipinski definition) is 1. The molecule has 0 aliphatic carbocycles. The van der Waals surface area contributed by atoms with Gasteiger partial charge in [-0.25, -0.2) is 0 Å². The summed E-state index contributed by atoms with van der Waals surface area (Å²) >= 11 is 0. The van der Waals surface area contributed by atoms with Crippen LogP contribution in [0.3, 0.4) is 0 Å². The number of methoxy groups -OCH3 is 1. The molecule has 3 heterocycles. The second-order valence-electron chi connectivity index (χ2n) is 12.1. The molecule has 0 saturated carbocycles. The van der Waals surface area contributed by atoms with Crippen LogP contribution < -0.4 is 5.32 Å². The third kappa shape index (κ3) is 10.8. The second-order valence-corrected chi connectivity index (χ2v) is 12.1. The van der Waals surface area contributed by atoms with Gasteiger partial charge in [-0.3, -0.25) is 14.4 Å². The monoisotopic (exact) mass is 621 g/mol. The summed E-state index contributed by atoms with van der Waals surface area (Å²) in [4.78, 5) is 35.5. The number of amides is 1. The molecule has 0 aromatic carbocycles. The highest BCUT2D eigenvalue weighted by Crippen LogP contribution is 2.45. The van der Waals surface area contributed by atoms with E-state index < -0.39 is 30.1 Å². The van der Waals surface area contributed by atoms with Crippen LogP contribution in [-0.4, -0.2) is 92.7 Å². The number of epoxide rings is 1. The lowest BCUT2D eigenvalue weighted by molar-refractivity contribution is -0.227. The van der Waals surface area contributed by atoms with Crippen molar-refractivity contribution in [3.8, 4) is 0 Å². The smallest absolute Gasteiger partial charge is 0.308 e. The lowest BCUT2D eigenvalue weighted by atomic mass is 9.87. The number of nitrogens with one attached hydrogen (secondary N) is 1. The maximum Gasteiger partial charge on any atom is 0.308 e. The fourth-order valence-electron chi connectivity index (χ4n) is 5.82. The Morgan fingerprint density at radius 3 is 2.48 bits per heavy atom. The predicted octanol–water partition coefficient (Wildman–Crippen LogP) is 3.94. The summed E-state index contributed by atoms with van der Waals surface area (Å²) in [5, 5.41) is 3.01. The summed E-state index contributed by atoms with van der Waals surface area (Å²) in [5.74, 6) is -0.741. The summed E-state index contributed by atoms with van der Waals surface area (Å²) in [6.07, 6.45) is 9.04. The lowest BCUT2D eigenvalue weighted by Gasteiger charge is -2.40. The van der Waals surface area contributed by atoms with Gasteiger partial charge in [-0.2, -0.15) is 0 Å². The molecule has 0 bridgehead atoms. The number of hydrogen-bond acceptors (Lipinski definition) is 10. The van der Waals surface area contributed by atoms with Crippen LogP contribution >= 0.6 is 0 Å². The summed E-state index contributed by atoms with van der Waals surface area (Å²) in [5.41, 5.74) is 0.524. The van der Waals surface area contributed by atoms with Gasteiger partial charge in [-0.05, 0) is 59.5 Å². The Labute approximate surface area is 261 Å². The summed E-state index contributed by atoms with van der Waals surface area (Å²) in [6.45, 7) is 14.0. The molecule has 0 aromatic heterocycles. The topological polar surface area (TPSA) is 131 Å². The zero-order valence-corrected chi connectivity index (χ0v) is 27.4. The fourth-order valence-corrected chi connectivity index (χ4v) is 5.82. The van der Waals surface area contributed by atoms with E-state index >= 15 is 0 Å². The molecule has 3 saturated heterocycles. The van der Waals surface area contributed by atoms with Gasteiger partial charge in [0.05, 0.1) is 44.5 Å². The van der Waals surface area contributed by atoms with Crippen LogP contribution in [-0.2, 0) is 47.5 Å². The van der Waals surface area contributed by atoms with E-state index in [0.29, 0.717) is 26.1 Å². The molecule has 0 radical (unpaired) electrons. The minimum absolute atomic E-state index is 0.00246. The maximum absolute atomic E-state index is 12.4. The fraction of sp³-hybridized carbons (Fsp3) is 0.727. The molecule has 11 nitrogen and oxygen atoms in total. The van der Waals surface area contributed by atoms with Gasteiger partial charge in [-0.15, -0.1) is 0 Å². The molecular weight excluding hydrogens is 570 g/mol. The first-order valence-electron chi connectivity index (χ1n) is 15.6. The average Bonchev–Trinajstić information content (AvgIpc) is 3.72. The van der Waals surface area contributed by atoms with Crippen molar-refractivity contribution in [1.29, 1.82) is 0 Å². The Morgan fingerprint density at radius 2 is 1.84 bits per heavy atom. The third-order valence-corrected chi connectivity index (χ3v) is 8.25. The first kappa shape index (κ1) is 35.9. The zero-order valence-electron chi connectivity index (χ0n) is 27.4. The molecule has 1 N–H and O–H groups in total. The molecule has 3 rings (SSSR count).